The number of hydrogen-bond acceptors (Lipinski definition) is 3. The van der Waals surface area contributed by atoms with E-state index in [1.807, 2.05) is 61.5 Å². The molecule has 0 fully saturated rings. The number of rotatable bonds is 5. The summed E-state index contributed by atoms with van der Waals surface area (Å²) in [4.78, 5) is 12.1. The Kier molecular flexibility index (Phi) is 5.72. The van der Waals surface area contributed by atoms with E-state index in [0.717, 1.165) is 21.4 Å². The van der Waals surface area contributed by atoms with Crippen molar-refractivity contribution in [2.75, 3.05) is 5.32 Å². The maximum absolute atomic E-state index is 12.1. The van der Waals surface area contributed by atoms with E-state index in [0.29, 0.717) is 0 Å². The minimum atomic E-state index is -0.387. The molecule has 114 valence electrons. The van der Waals surface area contributed by atoms with Crippen LogP contribution in [0.5, 0.6) is 0 Å². The van der Waals surface area contributed by atoms with Gasteiger partial charge in [-0.3, -0.25) is 4.79 Å². The third-order valence-electron chi connectivity index (χ3n) is 3.13. The van der Waals surface area contributed by atoms with Crippen molar-refractivity contribution in [2.24, 2.45) is 5.10 Å². The number of nitrogens with one attached hydrogen (secondary N) is 2. The fourth-order valence-corrected chi connectivity index (χ4v) is 2.27. The predicted molar refractivity (Wildman–Crippen MR) is 94.0 cm³/mol. The van der Waals surface area contributed by atoms with Crippen LogP contribution in [0.1, 0.15) is 19.4 Å². The SMILES string of the molecule is C/C(=N/NC(=O)[C@@H](C)Nc1cccc(Br)c1)c1ccccc1. The molecule has 0 aromatic heterocycles. The summed E-state index contributed by atoms with van der Waals surface area (Å²) in [7, 11) is 0. The number of carbonyl (C=O) groups is 1. The number of nitrogens with zero attached hydrogens (tertiary/aromatic N) is 1. The van der Waals surface area contributed by atoms with Crippen LogP contribution in [0.15, 0.2) is 64.2 Å². The van der Waals surface area contributed by atoms with Gasteiger partial charge in [-0.2, -0.15) is 5.10 Å². The second-order valence-electron chi connectivity index (χ2n) is 4.92. The van der Waals surface area contributed by atoms with Gasteiger partial charge in [0.1, 0.15) is 6.04 Å². The van der Waals surface area contributed by atoms with Crippen molar-refractivity contribution >= 4 is 33.2 Å². The van der Waals surface area contributed by atoms with Crippen molar-refractivity contribution in [3.8, 4) is 0 Å². The smallest absolute Gasteiger partial charge is 0.262 e. The second kappa shape index (κ2) is 7.75. The Balaban J connectivity index is 1.94. The maximum atomic E-state index is 12.1. The van der Waals surface area contributed by atoms with E-state index in [2.05, 4.69) is 31.8 Å². The van der Waals surface area contributed by atoms with Crippen LogP contribution in [0, 0.1) is 0 Å². The van der Waals surface area contributed by atoms with Gasteiger partial charge in [-0.25, -0.2) is 5.43 Å². The third-order valence-corrected chi connectivity index (χ3v) is 3.62. The molecule has 0 unspecified atom stereocenters. The summed E-state index contributed by atoms with van der Waals surface area (Å²) < 4.78 is 0.961. The second-order valence-corrected chi connectivity index (χ2v) is 5.83. The van der Waals surface area contributed by atoms with E-state index in [4.69, 9.17) is 0 Å². The number of hydrogen-bond donors (Lipinski definition) is 2. The van der Waals surface area contributed by atoms with Crippen LogP contribution in [0.2, 0.25) is 0 Å². The molecule has 1 atom stereocenters. The molecule has 0 saturated carbocycles. The van der Waals surface area contributed by atoms with Crippen LogP contribution >= 0.6 is 15.9 Å². The fraction of sp³-hybridized carbons (Fsp3) is 0.176. The average molecular weight is 360 g/mol. The molecular weight excluding hydrogens is 342 g/mol. The first kappa shape index (κ1) is 16.2. The van der Waals surface area contributed by atoms with E-state index in [1.165, 1.54) is 0 Å². The lowest BCUT2D eigenvalue weighted by Gasteiger charge is -2.14. The first-order valence-corrected chi connectivity index (χ1v) is 7.77. The quantitative estimate of drug-likeness (QED) is 0.630. The standard InChI is InChI=1S/C17H18BrN3O/c1-12(14-7-4-3-5-8-14)20-21-17(22)13(2)19-16-10-6-9-15(18)11-16/h3-11,13,19H,1-2H3,(H,21,22)/b20-12-/t13-/m1/s1. The van der Waals surface area contributed by atoms with E-state index in [-0.39, 0.29) is 11.9 Å². The van der Waals surface area contributed by atoms with Gasteiger partial charge in [0.05, 0.1) is 5.71 Å². The molecule has 5 heteroatoms. The third kappa shape index (κ3) is 4.70. The molecule has 0 aliphatic heterocycles. The number of anilines is 1. The lowest BCUT2D eigenvalue weighted by Crippen LogP contribution is -2.35. The van der Waals surface area contributed by atoms with Crippen molar-refractivity contribution in [3.05, 3.63) is 64.6 Å². The van der Waals surface area contributed by atoms with Crippen LogP contribution in [-0.4, -0.2) is 17.7 Å². The van der Waals surface area contributed by atoms with Gasteiger partial charge in [0.15, 0.2) is 0 Å². The monoisotopic (exact) mass is 359 g/mol. The molecule has 22 heavy (non-hydrogen) atoms. The Hall–Kier alpha value is -2.14. The zero-order valence-corrected chi connectivity index (χ0v) is 14.1. The molecule has 0 aliphatic carbocycles. The van der Waals surface area contributed by atoms with Crippen LogP contribution < -0.4 is 10.7 Å². The summed E-state index contributed by atoms with van der Waals surface area (Å²) in [5, 5.41) is 7.28. The molecule has 0 spiro atoms. The lowest BCUT2D eigenvalue weighted by molar-refractivity contribution is -0.121. The Morgan fingerprint density at radius 3 is 2.55 bits per heavy atom. The van der Waals surface area contributed by atoms with E-state index >= 15 is 0 Å². The normalized spacial score (nSPS) is 12.6. The summed E-state index contributed by atoms with van der Waals surface area (Å²) in [6.07, 6.45) is 0. The lowest BCUT2D eigenvalue weighted by atomic mass is 10.1. The molecule has 0 bridgehead atoms. The topological polar surface area (TPSA) is 53.5 Å². The van der Waals surface area contributed by atoms with Crippen molar-refractivity contribution in [1.29, 1.82) is 0 Å². The molecule has 0 aliphatic rings. The largest absolute Gasteiger partial charge is 0.374 e. The maximum Gasteiger partial charge on any atom is 0.262 e. The number of halogens is 1. The van der Waals surface area contributed by atoms with E-state index in [1.54, 1.807) is 6.92 Å². The number of hydrazone groups is 1. The Bertz CT molecular complexity index is 671. The summed E-state index contributed by atoms with van der Waals surface area (Å²) in [6.45, 7) is 3.66. The number of carbonyl (C=O) groups excluding carboxylic acids is 1. The van der Waals surface area contributed by atoms with Gasteiger partial charge in [-0.05, 0) is 37.6 Å². The summed E-state index contributed by atoms with van der Waals surface area (Å²) in [5.41, 5.74) is 5.22. The van der Waals surface area contributed by atoms with Crippen LogP contribution in [-0.2, 0) is 4.79 Å². The highest BCUT2D eigenvalue weighted by atomic mass is 79.9. The van der Waals surface area contributed by atoms with Gasteiger partial charge in [-0.15, -0.1) is 0 Å². The van der Waals surface area contributed by atoms with Gasteiger partial charge in [-0.1, -0.05) is 52.3 Å². The van der Waals surface area contributed by atoms with E-state index in [9.17, 15) is 4.79 Å². The molecule has 2 N–H and O–H groups in total. The predicted octanol–water partition coefficient (Wildman–Crippen LogP) is 3.79. The summed E-state index contributed by atoms with van der Waals surface area (Å²) in [5.74, 6) is -0.185. The zero-order chi connectivity index (χ0) is 15.9. The van der Waals surface area contributed by atoms with Crippen molar-refractivity contribution < 1.29 is 4.79 Å². The summed E-state index contributed by atoms with van der Waals surface area (Å²) >= 11 is 3.40. The molecule has 0 heterocycles. The molecular formula is C17H18BrN3O. The Morgan fingerprint density at radius 1 is 1.14 bits per heavy atom. The highest BCUT2D eigenvalue weighted by Crippen LogP contribution is 2.16. The van der Waals surface area contributed by atoms with Gasteiger partial charge >= 0.3 is 0 Å². The summed E-state index contributed by atoms with van der Waals surface area (Å²) in [6, 6.07) is 17.0. The average Bonchev–Trinajstić information content (AvgIpc) is 2.53. The van der Waals surface area contributed by atoms with Gasteiger partial charge < -0.3 is 5.32 Å². The van der Waals surface area contributed by atoms with Crippen LogP contribution in [0.25, 0.3) is 0 Å². The molecule has 2 rings (SSSR count). The highest BCUT2D eigenvalue weighted by Gasteiger charge is 2.12. The molecule has 4 nitrogen and oxygen atoms in total. The van der Waals surface area contributed by atoms with Crippen LogP contribution in [0.4, 0.5) is 5.69 Å². The highest BCUT2D eigenvalue weighted by molar-refractivity contribution is 9.10. The molecule has 0 saturated heterocycles. The fourth-order valence-electron chi connectivity index (χ4n) is 1.87. The minimum absolute atomic E-state index is 0.185. The molecule has 0 radical (unpaired) electrons. The first-order chi connectivity index (χ1) is 10.6. The minimum Gasteiger partial charge on any atom is -0.374 e. The van der Waals surface area contributed by atoms with Gasteiger partial charge in [0, 0.05) is 10.2 Å². The van der Waals surface area contributed by atoms with Crippen molar-refractivity contribution in [2.45, 2.75) is 19.9 Å². The number of benzene rings is 2. The molecule has 2 aromatic rings. The van der Waals surface area contributed by atoms with Crippen molar-refractivity contribution in [3.63, 3.8) is 0 Å². The number of amides is 1. The van der Waals surface area contributed by atoms with Gasteiger partial charge in [0.2, 0.25) is 0 Å². The van der Waals surface area contributed by atoms with Crippen LogP contribution in [0.3, 0.4) is 0 Å². The van der Waals surface area contributed by atoms with Gasteiger partial charge in [0.25, 0.3) is 5.91 Å². The Labute approximate surface area is 138 Å². The first-order valence-electron chi connectivity index (χ1n) is 6.98. The van der Waals surface area contributed by atoms with Crippen molar-refractivity contribution in [1.82, 2.24) is 5.43 Å². The Morgan fingerprint density at radius 2 is 1.86 bits per heavy atom. The molecule has 1 amide bonds. The van der Waals surface area contributed by atoms with E-state index < -0.39 is 0 Å². The zero-order valence-electron chi connectivity index (χ0n) is 12.5. The molecule has 2 aromatic carbocycles.